The molecule has 22 heavy (non-hydrogen) atoms. The molecular weight excluding hydrogens is 283 g/mol. The van der Waals surface area contributed by atoms with Gasteiger partial charge in [-0.2, -0.15) is 0 Å². The number of aliphatic hydroxyl groups excluding tert-OH is 1. The minimum atomic E-state index is -0.261. The summed E-state index contributed by atoms with van der Waals surface area (Å²) in [6.45, 7) is 0.0572. The Hall–Kier alpha value is -1.91. The van der Waals surface area contributed by atoms with Gasteiger partial charge in [-0.05, 0) is 48.2 Å². The lowest BCUT2D eigenvalue weighted by atomic mass is 9.86. The van der Waals surface area contributed by atoms with Gasteiger partial charge in [0.1, 0.15) is 11.6 Å². The highest BCUT2D eigenvalue weighted by Gasteiger charge is 2.32. The summed E-state index contributed by atoms with van der Waals surface area (Å²) in [5.74, 6) is -0.0284. The van der Waals surface area contributed by atoms with E-state index >= 15 is 0 Å². The standard InChI is InChI=1S/C18H19FO3/c19-15-6-1-12(2-7-15)17-10-5-14(11-20)18(22-17)13-3-8-16(21)9-4-13/h1-4,6-9,14,17-18,20-21H,5,10-11H2. The fraction of sp³-hybridized carbons (Fsp3) is 0.333. The number of halogens is 1. The Morgan fingerprint density at radius 1 is 0.955 bits per heavy atom. The molecule has 2 aromatic carbocycles. The quantitative estimate of drug-likeness (QED) is 0.908. The van der Waals surface area contributed by atoms with E-state index in [9.17, 15) is 14.6 Å². The fourth-order valence-electron chi connectivity index (χ4n) is 3.00. The number of aliphatic hydroxyl groups is 1. The molecule has 1 fully saturated rings. The van der Waals surface area contributed by atoms with Crippen molar-refractivity contribution in [3.05, 3.63) is 65.5 Å². The summed E-state index contributed by atoms with van der Waals surface area (Å²) < 4.78 is 19.2. The van der Waals surface area contributed by atoms with Crippen LogP contribution in [0.5, 0.6) is 5.75 Å². The second-order valence-electron chi connectivity index (χ2n) is 5.71. The van der Waals surface area contributed by atoms with Gasteiger partial charge in [0.2, 0.25) is 0 Å². The minimum absolute atomic E-state index is 0.0289. The summed E-state index contributed by atoms with van der Waals surface area (Å²) in [7, 11) is 0. The van der Waals surface area contributed by atoms with Gasteiger partial charge in [-0.3, -0.25) is 0 Å². The molecule has 4 heteroatoms. The Morgan fingerprint density at radius 2 is 1.59 bits per heavy atom. The molecule has 0 spiro atoms. The van der Waals surface area contributed by atoms with Gasteiger partial charge in [-0.15, -0.1) is 0 Å². The second-order valence-corrected chi connectivity index (χ2v) is 5.71. The first-order valence-corrected chi connectivity index (χ1v) is 7.48. The second kappa shape index (κ2) is 6.46. The van der Waals surface area contributed by atoms with E-state index in [1.807, 2.05) is 12.1 Å². The monoisotopic (exact) mass is 302 g/mol. The number of benzene rings is 2. The van der Waals surface area contributed by atoms with Crippen LogP contribution in [-0.2, 0) is 4.74 Å². The highest BCUT2D eigenvalue weighted by atomic mass is 19.1. The molecule has 3 unspecified atom stereocenters. The van der Waals surface area contributed by atoms with Crippen molar-refractivity contribution < 1.29 is 19.3 Å². The number of hydrogen-bond donors (Lipinski definition) is 2. The SMILES string of the molecule is OCC1CCC(c2ccc(F)cc2)OC1c1ccc(O)cc1. The van der Waals surface area contributed by atoms with E-state index in [4.69, 9.17) is 4.74 Å². The largest absolute Gasteiger partial charge is 0.508 e. The summed E-state index contributed by atoms with van der Waals surface area (Å²) >= 11 is 0. The Balaban J connectivity index is 1.83. The average Bonchev–Trinajstić information content (AvgIpc) is 2.56. The maximum absolute atomic E-state index is 13.1. The highest BCUT2D eigenvalue weighted by Crippen LogP contribution is 2.42. The fourth-order valence-corrected chi connectivity index (χ4v) is 3.00. The van der Waals surface area contributed by atoms with Crippen LogP contribution in [0.3, 0.4) is 0 Å². The van der Waals surface area contributed by atoms with Gasteiger partial charge in [0.15, 0.2) is 0 Å². The summed E-state index contributed by atoms with van der Waals surface area (Å²) in [6.07, 6.45) is 1.30. The van der Waals surface area contributed by atoms with E-state index in [-0.39, 0.29) is 36.3 Å². The number of phenolic OH excluding ortho intramolecular Hbond substituents is 1. The van der Waals surface area contributed by atoms with Crippen LogP contribution in [0.25, 0.3) is 0 Å². The summed E-state index contributed by atoms with van der Waals surface area (Å²) in [5, 5.41) is 19.0. The van der Waals surface area contributed by atoms with Crippen LogP contribution < -0.4 is 0 Å². The van der Waals surface area contributed by atoms with E-state index in [2.05, 4.69) is 0 Å². The smallest absolute Gasteiger partial charge is 0.123 e. The van der Waals surface area contributed by atoms with Gasteiger partial charge >= 0.3 is 0 Å². The van der Waals surface area contributed by atoms with E-state index in [0.717, 1.165) is 24.0 Å². The van der Waals surface area contributed by atoms with Gasteiger partial charge in [-0.1, -0.05) is 24.3 Å². The molecule has 0 aromatic heterocycles. The Kier molecular flexibility index (Phi) is 4.41. The first-order valence-electron chi connectivity index (χ1n) is 7.48. The zero-order valence-electron chi connectivity index (χ0n) is 12.2. The van der Waals surface area contributed by atoms with Crippen LogP contribution in [0.1, 0.15) is 36.2 Å². The minimum Gasteiger partial charge on any atom is -0.508 e. The van der Waals surface area contributed by atoms with Crippen molar-refractivity contribution in [1.29, 1.82) is 0 Å². The lowest BCUT2D eigenvalue weighted by molar-refractivity contribution is -0.0995. The maximum Gasteiger partial charge on any atom is 0.123 e. The zero-order valence-corrected chi connectivity index (χ0v) is 12.2. The van der Waals surface area contributed by atoms with Crippen LogP contribution >= 0.6 is 0 Å². The normalized spacial score (nSPS) is 25.1. The highest BCUT2D eigenvalue weighted by molar-refractivity contribution is 5.28. The van der Waals surface area contributed by atoms with Gasteiger partial charge in [0.05, 0.1) is 12.2 Å². The maximum atomic E-state index is 13.1. The number of rotatable bonds is 3. The van der Waals surface area contributed by atoms with E-state index in [1.54, 1.807) is 24.3 Å². The molecule has 1 aliphatic heterocycles. The molecule has 116 valence electrons. The molecule has 2 aromatic rings. The molecule has 0 radical (unpaired) electrons. The lowest BCUT2D eigenvalue weighted by Crippen LogP contribution is -2.27. The van der Waals surface area contributed by atoms with Crippen molar-refractivity contribution in [3.8, 4) is 5.75 Å². The molecule has 3 atom stereocenters. The number of hydrogen-bond acceptors (Lipinski definition) is 3. The van der Waals surface area contributed by atoms with E-state index < -0.39 is 0 Å². The third-order valence-corrected chi connectivity index (χ3v) is 4.24. The van der Waals surface area contributed by atoms with Gasteiger partial charge in [0.25, 0.3) is 0 Å². The predicted molar refractivity (Wildman–Crippen MR) is 80.9 cm³/mol. The molecule has 0 aliphatic carbocycles. The Morgan fingerprint density at radius 3 is 2.23 bits per heavy atom. The Labute approximate surface area is 129 Å². The van der Waals surface area contributed by atoms with E-state index in [0.29, 0.717) is 0 Å². The van der Waals surface area contributed by atoms with Crippen molar-refractivity contribution >= 4 is 0 Å². The molecule has 2 N–H and O–H groups in total. The molecule has 0 amide bonds. The predicted octanol–water partition coefficient (Wildman–Crippen LogP) is 3.73. The first kappa shape index (κ1) is 15.0. The Bertz CT molecular complexity index is 609. The molecule has 1 saturated heterocycles. The number of ether oxygens (including phenoxy) is 1. The molecule has 0 bridgehead atoms. The first-order chi connectivity index (χ1) is 10.7. The summed E-state index contributed by atoms with van der Waals surface area (Å²) in [6, 6.07) is 13.2. The summed E-state index contributed by atoms with van der Waals surface area (Å²) in [5.41, 5.74) is 1.88. The number of aromatic hydroxyl groups is 1. The zero-order chi connectivity index (χ0) is 15.5. The van der Waals surface area contributed by atoms with Gasteiger partial charge in [0, 0.05) is 12.5 Å². The molecule has 3 nitrogen and oxygen atoms in total. The molecular formula is C18H19FO3. The molecule has 0 saturated carbocycles. The lowest BCUT2D eigenvalue weighted by Gasteiger charge is -2.36. The van der Waals surface area contributed by atoms with Crippen molar-refractivity contribution in [2.45, 2.75) is 25.0 Å². The average molecular weight is 302 g/mol. The topological polar surface area (TPSA) is 49.7 Å². The van der Waals surface area contributed by atoms with Crippen LogP contribution in [-0.4, -0.2) is 16.8 Å². The van der Waals surface area contributed by atoms with Gasteiger partial charge < -0.3 is 14.9 Å². The van der Waals surface area contributed by atoms with Crippen LogP contribution in [0, 0.1) is 11.7 Å². The molecule has 3 rings (SSSR count). The third-order valence-electron chi connectivity index (χ3n) is 4.24. The molecule has 1 aliphatic rings. The van der Waals surface area contributed by atoms with Crippen LogP contribution in [0.15, 0.2) is 48.5 Å². The van der Waals surface area contributed by atoms with Crippen molar-refractivity contribution in [1.82, 2.24) is 0 Å². The van der Waals surface area contributed by atoms with Crippen molar-refractivity contribution in [2.24, 2.45) is 5.92 Å². The van der Waals surface area contributed by atoms with E-state index in [1.165, 1.54) is 12.1 Å². The van der Waals surface area contributed by atoms with Crippen molar-refractivity contribution in [3.63, 3.8) is 0 Å². The van der Waals surface area contributed by atoms with Crippen LogP contribution in [0.2, 0.25) is 0 Å². The third kappa shape index (κ3) is 3.13. The number of phenols is 1. The van der Waals surface area contributed by atoms with Crippen LogP contribution in [0.4, 0.5) is 4.39 Å². The van der Waals surface area contributed by atoms with Gasteiger partial charge in [-0.25, -0.2) is 4.39 Å². The van der Waals surface area contributed by atoms with Crippen molar-refractivity contribution in [2.75, 3.05) is 6.61 Å². The summed E-state index contributed by atoms with van der Waals surface area (Å²) in [4.78, 5) is 0. The molecule has 1 heterocycles.